The fraction of sp³-hybridized carbons (Fsp3) is 1.00. The Morgan fingerprint density at radius 2 is 1.93 bits per heavy atom. The maximum absolute atomic E-state index is 11.4. The second-order valence-corrected chi connectivity index (χ2v) is 7.19. The van der Waals surface area contributed by atoms with Gasteiger partial charge in [-0.1, -0.05) is 0 Å². The van der Waals surface area contributed by atoms with E-state index in [-0.39, 0.29) is 5.88 Å². The molecule has 1 fully saturated rings. The van der Waals surface area contributed by atoms with E-state index in [2.05, 4.69) is 0 Å². The lowest BCUT2D eigenvalue weighted by Crippen LogP contribution is -2.53. The van der Waals surface area contributed by atoms with Crippen molar-refractivity contribution < 1.29 is 26.4 Å². The van der Waals surface area contributed by atoms with E-state index in [4.69, 9.17) is 9.29 Å². The van der Waals surface area contributed by atoms with Gasteiger partial charge >= 0.3 is 0 Å². The number of nitrogens with zero attached hydrogens (tertiary/aromatic N) is 1. The van der Waals surface area contributed by atoms with Crippen molar-refractivity contribution in [3.8, 4) is 0 Å². The number of morpholine rings is 1. The van der Waals surface area contributed by atoms with E-state index in [1.165, 1.54) is 0 Å². The first kappa shape index (κ1) is 13.0. The van der Waals surface area contributed by atoms with E-state index in [9.17, 15) is 12.6 Å². The van der Waals surface area contributed by atoms with Gasteiger partial charge in [0.05, 0.1) is 31.1 Å². The van der Waals surface area contributed by atoms with Gasteiger partial charge in [-0.25, -0.2) is 0 Å². The molecule has 0 aromatic rings. The second-order valence-electron chi connectivity index (χ2n) is 3.95. The molecule has 0 aromatic carbocycles. The van der Waals surface area contributed by atoms with Gasteiger partial charge in [0, 0.05) is 0 Å². The van der Waals surface area contributed by atoms with Crippen molar-refractivity contribution in [2.75, 3.05) is 44.3 Å². The SMILES string of the molecule is C[N+]1(CS(=O)CS(=O)(=O)O)CCOCC1. The van der Waals surface area contributed by atoms with Crippen LogP contribution in [-0.4, -0.2) is 66.0 Å². The molecule has 15 heavy (non-hydrogen) atoms. The van der Waals surface area contributed by atoms with Gasteiger partial charge in [0.15, 0.2) is 11.0 Å². The first-order valence-electron chi connectivity index (χ1n) is 4.52. The predicted octanol–water partition coefficient (Wildman–Crippen LogP) is -0.985. The molecule has 0 amide bonds. The number of ether oxygens (including phenoxy) is 1. The minimum atomic E-state index is -4.14. The Morgan fingerprint density at radius 3 is 2.40 bits per heavy atom. The van der Waals surface area contributed by atoms with Crippen LogP contribution in [-0.2, 0) is 25.7 Å². The average Bonchev–Trinajstić information content (AvgIpc) is 1.99. The lowest BCUT2D eigenvalue weighted by atomic mass is 10.4. The molecule has 6 nitrogen and oxygen atoms in total. The van der Waals surface area contributed by atoms with Gasteiger partial charge in [-0.3, -0.25) is 8.76 Å². The molecule has 1 unspecified atom stereocenters. The van der Waals surface area contributed by atoms with Crippen molar-refractivity contribution in [3.05, 3.63) is 0 Å². The Bertz CT molecular complexity index is 333. The largest absolute Gasteiger partial charge is 0.370 e. The zero-order valence-corrected chi connectivity index (χ0v) is 10.2. The highest BCUT2D eigenvalue weighted by molar-refractivity contribution is 8.02. The number of hydrogen-bond donors (Lipinski definition) is 1. The van der Waals surface area contributed by atoms with E-state index in [0.717, 1.165) is 13.1 Å². The van der Waals surface area contributed by atoms with Crippen LogP contribution in [0.4, 0.5) is 0 Å². The lowest BCUT2D eigenvalue weighted by Gasteiger charge is -2.36. The molecular weight excluding hydrogens is 242 g/mol. The summed E-state index contributed by atoms with van der Waals surface area (Å²) in [5, 5.41) is -0.679. The smallest absolute Gasteiger partial charge is 0.277 e. The van der Waals surface area contributed by atoms with Crippen LogP contribution in [0.5, 0.6) is 0 Å². The molecule has 1 atom stereocenters. The number of hydrogen-bond acceptors (Lipinski definition) is 4. The van der Waals surface area contributed by atoms with Crippen molar-refractivity contribution in [3.63, 3.8) is 0 Å². The fourth-order valence-electron chi connectivity index (χ4n) is 1.46. The van der Waals surface area contributed by atoms with E-state index >= 15 is 0 Å². The molecule has 8 heteroatoms. The molecule has 0 bridgehead atoms. The Kier molecular flexibility index (Phi) is 4.24. The van der Waals surface area contributed by atoms with Crippen molar-refractivity contribution >= 4 is 20.9 Å². The molecule has 1 rings (SSSR count). The molecule has 90 valence electrons. The first-order valence-corrected chi connectivity index (χ1v) is 7.62. The highest BCUT2D eigenvalue weighted by Crippen LogP contribution is 2.09. The standard InChI is InChI=1S/C7H15NO5S2/c1-8(2-4-13-5-3-8)6-14(9)7-15(10,11)12/h2-7H2,1H3/p+1. The van der Waals surface area contributed by atoms with Crippen LogP contribution in [0.15, 0.2) is 0 Å². The minimum absolute atomic E-state index is 0.239. The van der Waals surface area contributed by atoms with Crippen molar-refractivity contribution in [2.45, 2.75) is 0 Å². The van der Waals surface area contributed by atoms with Gasteiger partial charge in [0.2, 0.25) is 0 Å². The normalized spacial score (nSPS) is 23.6. The zero-order chi connectivity index (χ0) is 11.5. The monoisotopic (exact) mass is 258 g/mol. The summed E-state index contributed by atoms with van der Waals surface area (Å²) in [6, 6.07) is 0. The molecule has 1 saturated heterocycles. The van der Waals surface area contributed by atoms with Crippen LogP contribution in [0.1, 0.15) is 0 Å². The van der Waals surface area contributed by atoms with Crippen LogP contribution >= 0.6 is 0 Å². The quantitative estimate of drug-likeness (QED) is 0.517. The number of quaternary nitrogens is 1. The third-order valence-corrected chi connectivity index (χ3v) is 5.44. The van der Waals surface area contributed by atoms with Crippen molar-refractivity contribution in [2.24, 2.45) is 0 Å². The Balaban J connectivity index is 2.49. The summed E-state index contributed by atoms with van der Waals surface area (Å²) in [5.41, 5.74) is 0. The van der Waals surface area contributed by atoms with E-state index in [1.807, 2.05) is 7.05 Å². The summed E-state index contributed by atoms with van der Waals surface area (Å²) in [7, 11) is -3.78. The van der Waals surface area contributed by atoms with Crippen LogP contribution in [0.3, 0.4) is 0 Å². The highest BCUT2D eigenvalue weighted by Gasteiger charge is 2.28. The topological polar surface area (TPSA) is 80.7 Å². The van der Waals surface area contributed by atoms with Gasteiger partial charge in [0.25, 0.3) is 10.1 Å². The highest BCUT2D eigenvalue weighted by atomic mass is 32.3. The Hall–Kier alpha value is -0.0200. The third-order valence-electron chi connectivity index (χ3n) is 2.29. The maximum atomic E-state index is 11.4. The minimum Gasteiger partial charge on any atom is -0.370 e. The van der Waals surface area contributed by atoms with Crippen LogP contribution in [0, 0.1) is 0 Å². The number of rotatable bonds is 4. The fourth-order valence-corrected chi connectivity index (χ4v) is 4.04. The molecule has 1 heterocycles. The van der Waals surface area contributed by atoms with Crippen LogP contribution in [0.25, 0.3) is 0 Å². The van der Waals surface area contributed by atoms with Gasteiger partial charge in [0.1, 0.15) is 13.1 Å². The predicted molar refractivity (Wildman–Crippen MR) is 56.2 cm³/mol. The summed E-state index contributed by atoms with van der Waals surface area (Å²) in [6.07, 6.45) is 0. The van der Waals surface area contributed by atoms with Gasteiger partial charge in [-0.05, 0) is 0 Å². The molecule has 0 saturated carbocycles. The number of likely N-dealkylation sites (N-methyl/N-ethyl adjacent to an activating group) is 1. The summed E-state index contributed by atoms with van der Waals surface area (Å²) < 4.78 is 46.7. The summed E-state index contributed by atoms with van der Waals surface area (Å²) in [5.74, 6) is 0.239. The molecule has 1 aliphatic rings. The van der Waals surface area contributed by atoms with E-state index < -0.39 is 26.0 Å². The summed E-state index contributed by atoms with van der Waals surface area (Å²) in [4.78, 5) is 0. The molecule has 0 aliphatic carbocycles. The first-order chi connectivity index (χ1) is 6.81. The van der Waals surface area contributed by atoms with E-state index in [1.54, 1.807) is 0 Å². The van der Waals surface area contributed by atoms with Crippen molar-refractivity contribution in [1.29, 1.82) is 0 Å². The van der Waals surface area contributed by atoms with Gasteiger partial charge in [-0.15, -0.1) is 0 Å². The van der Waals surface area contributed by atoms with Crippen LogP contribution in [0.2, 0.25) is 0 Å². The molecular formula is C7H16NO5S2+. The Morgan fingerprint density at radius 1 is 1.40 bits per heavy atom. The van der Waals surface area contributed by atoms with Gasteiger partial charge < -0.3 is 9.22 Å². The van der Waals surface area contributed by atoms with Gasteiger partial charge in [-0.2, -0.15) is 8.42 Å². The third kappa shape index (κ3) is 5.03. The summed E-state index contributed by atoms with van der Waals surface area (Å²) >= 11 is 0. The van der Waals surface area contributed by atoms with Crippen LogP contribution < -0.4 is 0 Å². The zero-order valence-electron chi connectivity index (χ0n) is 8.59. The second kappa shape index (κ2) is 4.88. The van der Waals surface area contributed by atoms with Crippen molar-refractivity contribution in [1.82, 2.24) is 0 Å². The molecule has 1 aliphatic heterocycles. The molecule has 0 spiro atoms. The summed E-state index contributed by atoms with van der Waals surface area (Å²) in [6.45, 7) is 2.63. The Labute approximate surface area is 92.0 Å². The molecule has 0 radical (unpaired) electrons. The molecule has 0 aromatic heterocycles. The maximum Gasteiger partial charge on any atom is 0.277 e. The molecule has 1 N–H and O–H groups in total. The van der Waals surface area contributed by atoms with E-state index in [0.29, 0.717) is 17.7 Å². The lowest BCUT2D eigenvalue weighted by molar-refractivity contribution is -0.905. The average molecular weight is 258 g/mol.